The molecule has 2 N–H and O–H groups in total. The molecule has 2 saturated heterocycles. The number of ether oxygens (including phenoxy) is 1. The van der Waals surface area contributed by atoms with Gasteiger partial charge in [0, 0.05) is 5.92 Å². The van der Waals surface area contributed by atoms with Crippen molar-refractivity contribution < 1.29 is 29.0 Å². The van der Waals surface area contributed by atoms with Gasteiger partial charge in [-0.1, -0.05) is 84.5 Å². The molecule has 0 bridgehead atoms. The lowest BCUT2D eigenvalue weighted by Crippen LogP contribution is -2.53. The van der Waals surface area contributed by atoms with E-state index in [0.29, 0.717) is 27.0 Å². The van der Waals surface area contributed by atoms with Crippen molar-refractivity contribution in [3.63, 3.8) is 0 Å². The van der Waals surface area contributed by atoms with Crippen molar-refractivity contribution >= 4 is 57.0 Å². The number of methoxy groups -OCH3 is 1. The quantitative estimate of drug-likeness (QED) is 0.150. The average molecular weight is 759 g/mol. The van der Waals surface area contributed by atoms with E-state index in [-0.39, 0.29) is 36.2 Å². The first-order valence-electron chi connectivity index (χ1n) is 17.2. The number of fused-ring (bicyclic) bond motifs is 4. The molecule has 4 aliphatic rings. The standard InChI is InChI=1S/C42H36BrN3O6/c1-4-24-12-16-28(17-13-24)45-38(48)30-19-18-29-31(35(30)40(45)50)22-32-39(49)46(44-27-14-10-23(2)11-15-27)41(51)42(32,26-8-6-5-7-9-26)36(29)25-20-33(43)37(47)34(21-25)52-3/h4-18,20-21,30-32,35-36,44,47H,1,19,22H2,2-3H3/t30-,31+,32-,35-,36-,42+/m0/s1. The van der Waals surface area contributed by atoms with Gasteiger partial charge in [-0.2, -0.15) is 5.01 Å². The Morgan fingerprint density at radius 1 is 0.923 bits per heavy atom. The molecule has 4 aromatic rings. The number of phenols is 1. The number of aromatic hydroxyl groups is 1. The van der Waals surface area contributed by atoms with Crippen LogP contribution in [0, 0.1) is 30.6 Å². The number of nitrogens with one attached hydrogen (secondary N) is 1. The number of anilines is 2. The number of allylic oxidation sites excluding steroid dienone is 2. The second kappa shape index (κ2) is 12.6. The van der Waals surface area contributed by atoms with Gasteiger partial charge in [-0.3, -0.25) is 29.5 Å². The second-order valence-electron chi connectivity index (χ2n) is 14.0. The van der Waals surface area contributed by atoms with E-state index in [1.165, 1.54) is 12.0 Å². The van der Waals surface area contributed by atoms with Gasteiger partial charge in [0.15, 0.2) is 11.5 Å². The van der Waals surface area contributed by atoms with Crippen LogP contribution in [0.25, 0.3) is 6.08 Å². The molecule has 2 aliphatic carbocycles. The Hall–Kier alpha value is -5.48. The fourth-order valence-electron chi connectivity index (χ4n) is 9.05. The van der Waals surface area contributed by atoms with Gasteiger partial charge in [0.2, 0.25) is 11.8 Å². The van der Waals surface area contributed by atoms with Crippen LogP contribution in [0.5, 0.6) is 11.5 Å². The number of phenolic OH excluding ortho intramolecular Hbond substituents is 1. The highest BCUT2D eigenvalue weighted by Crippen LogP contribution is 2.64. The fraction of sp³-hybridized carbons (Fsp3) is 0.238. The maximum Gasteiger partial charge on any atom is 0.260 e. The molecule has 8 rings (SSSR count). The fourth-order valence-corrected chi connectivity index (χ4v) is 9.51. The van der Waals surface area contributed by atoms with Crippen LogP contribution in [0.3, 0.4) is 0 Å². The molecular formula is C42H36BrN3O6. The van der Waals surface area contributed by atoms with Gasteiger partial charge in [-0.25, -0.2) is 0 Å². The van der Waals surface area contributed by atoms with Gasteiger partial charge in [0.05, 0.1) is 46.1 Å². The summed E-state index contributed by atoms with van der Waals surface area (Å²) >= 11 is 3.50. The Balaban J connectivity index is 1.33. The van der Waals surface area contributed by atoms with E-state index in [2.05, 4.69) is 27.9 Å². The highest BCUT2D eigenvalue weighted by Gasteiger charge is 2.70. The van der Waals surface area contributed by atoms with Crippen LogP contribution in [0.2, 0.25) is 0 Å². The monoisotopic (exact) mass is 757 g/mol. The number of amides is 4. The van der Waals surface area contributed by atoms with E-state index in [4.69, 9.17) is 4.74 Å². The Bertz CT molecular complexity index is 2180. The van der Waals surface area contributed by atoms with Crippen LogP contribution in [0.4, 0.5) is 11.4 Å². The number of rotatable bonds is 7. The molecule has 0 aromatic heterocycles. The molecule has 0 spiro atoms. The largest absolute Gasteiger partial charge is 0.503 e. The van der Waals surface area contributed by atoms with Crippen molar-refractivity contribution in [3.8, 4) is 11.5 Å². The van der Waals surface area contributed by atoms with Gasteiger partial charge < -0.3 is 9.84 Å². The number of carbonyl (C=O) groups is 4. The summed E-state index contributed by atoms with van der Waals surface area (Å²) in [4.78, 5) is 60.1. The minimum Gasteiger partial charge on any atom is -0.503 e. The van der Waals surface area contributed by atoms with Crippen molar-refractivity contribution in [2.75, 3.05) is 17.4 Å². The molecule has 10 heteroatoms. The first-order valence-corrected chi connectivity index (χ1v) is 18.0. The van der Waals surface area contributed by atoms with Crippen molar-refractivity contribution in [2.24, 2.45) is 23.7 Å². The van der Waals surface area contributed by atoms with E-state index >= 15 is 4.79 Å². The first-order chi connectivity index (χ1) is 25.1. The molecule has 4 amide bonds. The number of aryl methyl sites for hydroxylation is 1. The van der Waals surface area contributed by atoms with Crippen molar-refractivity contribution in [3.05, 3.63) is 136 Å². The average Bonchev–Trinajstić information content (AvgIpc) is 3.54. The molecule has 1 saturated carbocycles. The molecule has 2 aliphatic heterocycles. The van der Waals surface area contributed by atoms with Crippen molar-refractivity contribution in [1.82, 2.24) is 5.01 Å². The highest BCUT2D eigenvalue weighted by molar-refractivity contribution is 9.10. The lowest BCUT2D eigenvalue weighted by molar-refractivity contribution is -0.138. The highest BCUT2D eigenvalue weighted by atomic mass is 79.9. The summed E-state index contributed by atoms with van der Waals surface area (Å²) in [5.74, 6) is -4.94. The van der Waals surface area contributed by atoms with E-state index in [0.717, 1.165) is 21.7 Å². The molecule has 6 atom stereocenters. The maximum absolute atomic E-state index is 15.3. The molecule has 9 nitrogen and oxygen atoms in total. The zero-order valence-corrected chi connectivity index (χ0v) is 30.2. The molecule has 52 heavy (non-hydrogen) atoms. The lowest BCUT2D eigenvalue weighted by Gasteiger charge is -2.50. The zero-order chi connectivity index (χ0) is 36.5. The van der Waals surface area contributed by atoms with Gasteiger partial charge in [0.25, 0.3) is 11.8 Å². The third kappa shape index (κ3) is 4.87. The van der Waals surface area contributed by atoms with Crippen molar-refractivity contribution in [1.29, 1.82) is 0 Å². The Kier molecular flexibility index (Phi) is 8.17. The summed E-state index contributed by atoms with van der Waals surface area (Å²) in [5, 5.41) is 12.0. The Morgan fingerprint density at radius 2 is 1.63 bits per heavy atom. The summed E-state index contributed by atoms with van der Waals surface area (Å²) in [6.45, 7) is 5.76. The second-order valence-corrected chi connectivity index (χ2v) is 14.8. The Morgan fingerprint density at radius 3 is 2.31 bits per heavy atom. The molecular weight excluding hydrogens is 722 g/mol. The summed E-state index contributed by atoms with van der Waals surface area (Å²) in [5.41, 5.74) is 6.70. The van der Waals surface area contributed by atoms with Crippen LogP contribution in [-0.2, 0) is 24.6 Å². The number of nitrogens with zero attached hydrogens (tertiary/aromatic N) is 2. The third-order valence-corrected chi connectivity index (χ3v) is 12.0. The van der Waals surface area contributed by atoms with E-state index < -0.39 is 46.8 Å². The number of benzene rings is 4. The van der Waals surface area contributed by atoms with Gasteiger partial charge in [-0.15, -0.1) is 0 Å². The summed E-state index contributed by atoms with van der Waals surface area (Å²) in [6, 6.07) is 27.3. The summed E-state index contributed by atoms with van der Waals surface area (Å²) in [7, 11) is 1.45. The smallest absolute Gasteiger partial charge is 0.260 e. The number of hydrogen-bond donors (Lipinski definition) is 2. The lowest BCUT2D eigenvalue weighted by atomic mass is 9.49. The molecule has 4 aromatic carbocycles. The van der Waals surface area contributed by atoms with Crippen LogP contribution in [-0.4, -0.2) is 40.9 Å². The Labute approximate surface area is 309 Å². The van der Waals surface area contributed by atoms with E-state index in [1.807, 2.05) is 79.7 Å². The predicted octanol–water partition coefficient (Wildman–Crippen LogP) is 7.30. The molecule has 3 fully saturated rings. The number of carbonyl (C=O) groups excluding carboxylic acids is 4. The first kappa shape index (κ1) is 33.7. The van der Waals surface area contributed by atoms with Gasteiger partial charge in [-0.05, 0) is 94.7 Å². The maximum atomic E-state index is 15.3. The van der Waals surface area contributed by atoms with Crippen molar-refractivity contribution in [2.45, 2.75) is 31.1 Å². The van der Waals surface area contributed by atoms with E-state index in [9.17, 15) is 19.5 Å². The molecule has 0 unspecified atom stereocenters. The zero-order valence-electron chi connectivity index (χ0n) is 28.6. The van der Waals surface area contributed by atoms with E-state index in [1.54, 1.807) is 30.3 Å². The molecule has 262 valence electrons. The van der Waals surface area contributed by atoms with Gasteiger partial charge >= 0.3 is 0 Å². The predicted molar refractivity (Wildman–Crippen MR) is 200 cm³/mol. The minimum absolute atomic E-state index is 0.104. The van der Waals surface area contributed by atoms with Gasteiger partial charge in [0.1, 0.15) is 0 Å². The number of imide groups is 2. The summed E-state index contributed by atoms with van der Waals surface area (Å²) in [6.07, 6.45) is 4.17. The van der Waals surface area contributed by atoms with Crippen LogP contribution in [0.1, 0.15) is 41.0 Å². The number of hydrogen-bond acceptors (Lipinski definition) is 7. The summed E-state index contributed by atoms with van der Waals surface area (Å²) < 4.78 is 5.95. The number of halogens is 1. The van der Waals surface area contributed by atoms with Crippen LogP contribution >= 0.6 is 15.9 Å². The normalized spacial score (nSPS) is 26.4. The SMILES string of the molecule is C=Cc1ccc(N2C(=O)[C@H]3[C@H](CC=C4[C@H]3C[C@H]3C(=O)N(Nc5ccc(C)cc5)C(=O)[C@@]3(c3ccccc3)[C@H]4c3cc(Br)c(O)c(OC)c3)C2=O)cc1. The minimum atomic E-state index is -1.45. The molecule has 2 heterocycles. The third-order valence-electron chi connectivity index (χ3n) is 11.4. The number of hydrazine groups is 1. The van der Waals surface area contributed by atoms with Crippen LogP contribution < -0.4 is 15.1 Å². The topological polar surface area (TPSA) is 116 Å². The van der Waals surface area contributed by atoms with Crippen LogP contribution in [0.15, 0.2) is 114 Å². The molecule has 0 radical (unpaired) electrons.